The number of ketones is 1. The Kier molecular flexibility index (Phi) is 5.97. The quantitative estimate of drug-likeness (QED) is 0.520. The highest BCUT2D eigenvalue weighted by Crippen LogP contribution is 2.39. The zero-order valence-corrected chi connectivity index (χ0v) is 18.9. The third-order valence-corrected chi connectivity index (χ3v) is 5.71. The predicted molar refractivity (Wildman–Crippen MR) is 124 cm³/mol. The average Bonchev–Trinajstić information content (AvgIpc) is 3.15. The zero-order chi connectivity index (χ0) is 24.6. The van der Waals surface area contributed by atoms with Crippen LogP contribution in [0.5, 0.6) is 17.2 Å². The van der Waals surface area contributed by atoms with Gasteiger partial charge in [0.25, 0.3) is 0 Å². The molecule has 10 nitrogen and oxygen atoms in total. The summed E-state index contributed by atoms with van der Waals surface area (Å²) in [7, 11) is 4.51. The van der Waals surface area contributed by atoms with Crippen molar-refractivity contribution in [3.8, 4) is 17.2 Å². The molecule has 1 aliphatic rings. The molecule has 176 valence electrons. The van der Waals surface area contributed by atoms with Crippen molar-refractivity contribution in [3.63, 3.8) is 0 Å². The number of nitrogens with two attached hydrogens (primary N) is 1. The zero-order valence-electron chi connectivity index (χ0n) is 18.9. The number of benzene rings is 2. The molecule has 0 radical (unpaired) electrons. The largest absolute Gasteiger partial charge is 0.493 e. The van der Waals surface area contributed by atoms with Gasteiger partial charge in [0.15, 0.2) is 17.3 Å². The Balaban J connectivity index is 2.02. The first-order valence-electron chi connectivity index (χ1n) is 10.3. The van der Waals surface area contributed by atoms with Crippen LogP contribution in [0.2, 0.25) is 0 Å². The number of ether oxygens (including phenoxy) is 3. The number of hydrogen-bond donors (Lipinski definition) is 2. The van der Waals surface area contributed by atoms with Gasteiger partial charge in [-0.15, -0.1) is 0 Å². The lowest BCUT2D eigenvalue weighted by atomic mass is 9.96. The summed E-state index contributed by atoms with van der Waals surface area (Å²) in [6, 6.07) is 8.48. The van der Waals surface area contributed by atoms with Gasteiger partial charge in [-0.1, -0.05) is 6.07 Å². The molecule has 0 saturated heterocycles. The number of amides is 1. The number of primary amides is 1. The molecule has 3 aromatic rings. The lowest BCUT2D eigenvalue weighted by Gasteiger charge is -2.18. The second-order valence-corrected chi connectivity index (χ2v) is 7.66. The summed E-state index contributed by atoms with van der Waals surface area (Å²) in [5, 5.41) is 9.84. The molecule has 2 aromatic carbocycles. The first-order valence-corrected chi connectivity index (χ1v) is 10.3. The molecule has 0 atom stereocenters. The van der Waals surface area contributed by atoms with E-state index >= 15 is 0 Å². The van der Waals surface area contributed by atoms with Crippen LogP contribution in [0.1, 0.15) is 38.4 Å². The molecule has 0 bridgehead atoms. The summed E-state index contributed by atoms with van der Waals surface area (Å²) in [6.07, 6.45) is -0.377. The van der Waals surface area contributed by atoms with Gasteiger partial charge in [0, 0.05) is 17.5 Å². The number of methoxy groups -OCH3 is 3. The molecule has 0 fully saturated rings. The summed E-state index contributed by atoms with van der Waals surface area (Å²) >= 11 is 0. The SMILES string of the molecule is COc1cc(Cn2c3c(c4c(C(N)=O)cccc42)C(=O)CN=C3CC(=O)O)cc(OC)c1OC. The number of carboxylic acids is 1. The van der Waals surface area contributed by atoms with Gasteiger partial charge in [-0.05, 0) is 29.8 Å². The van der Waals surface area contributed by atoms with Gasteiger partial charge in [0.05, 0.1) is 50.2 Å². The van der Waals surface area contributed by atoms with Crippen LogP contribution in [0.15, 0.2) is 35.3 Å². The summed E-state index contributed by atoms with van der Waals surface area (Å²) in [5.74, 6) is -0.780. The van der Waals surface area contributed by atoms with Crippen molar-refractivity contribution in [2.75, 3.05) is 27.9 Å². The number of hydrogen-bond acceptors (Lipinski definition) is 7. The molecule has 0 saturated carbocycles. The molecular weight excluding hydrogens is 442 g/mol. The fraction of sp³-hybridized carbons (Fsp3) is 0.250. The van der Waals surface area contributed by atoms with E-state index in [-0.39, 0.29) is 42.1 Å². The lowest BCUT2D eigenvalue weighted by molar-refractivity contribution is -0.135. The van der Waals surface area contributed by atoms with Gasteiger partial charge < -0.3 is 29.6 Å². The van der Waals surface area contributed by atoms with Gasteiger partial charge in [-0.2, -0.15) is 0 Å². The monoisotopic (exact) mass is 465 g/mol. The lowest BCUT2D eigenvalue weighted by Crippen LogP contribution is -2.24. The molecule has 10 heteroatoms. The molecule has 2 heterocycles. The highest BCUT2D eigenvalue weighted by atomic mass is 16.5. The number of carbonyl (C=O) groups excluding carboxylic acids is 2. The predicted octanol–water partition coefficient (Wildman–Crippen LogP) is 2.27. The van der Waals surface area contributed by atoms with Crippen molar-refractivity contribution in [2.45, 2.75) is 13.0 Å². The molecule has 1 aromatic heterocycles. The minimum atomic E-state index is -1.08. The van der Waals surface area contributed by atoms with Gasteiger partial charge in [0.2, 0.25) is 11.7 Å². The number of carboxylic acid groups (broad SMARTS) is 1. The van der Waals surface area contributed by atoms with Crippen molar-refractivity contribution in [1.29, 1.82) is 0 Å². The molecule has 1 amide bonds. The van der Waals surface area contributed by atoms with Gasteiger partial charge in [-0.25, -0.2) is 0 Å². The van der Waals surface area contributed by atoms with Crippen molar-refractivity contribution in [3.05, 3.63) is 52.7 Å². The van der Waals surface area contributed by atoms with Crippen molar-refractivity contribution >= 4 is 34.3 Å². The van der Waals surface area contributed by atoms with Crippen LogP contribution in [0.25, 0.3) is 10.9 Å². The Morgan fingerprint density at radius 1 is 1.12 bits per heavy atom. The van der Waals surface area contributed by atoms with Crippen molar-refractivity contribution < 1.29 is 33.7 Å². The molecule has 1 aliphatic heterocycles. The van der Waals surface area contributed by atoms with Crippen LogP contribution in [-0.4, -0.2) is 60.9 Å². The van der Waals surface area contributed by atoms with Crippen LogP contribution < -0.4 is 19.9 Å². The average molecular weight is 465 g/mol. The van der Waals surface area contributed by atoms with Gasteiger partial charge in [0.1, 0.15) is 6.54 Å². The molecule has 0 unspecified atom stereocenters. The second kappa shape index (κ2) is 8.89. The minimum Gasteiger partial charge on any atom is -0.493 e. The Bertz CT molecular complexity index is 1350. The number of fused-ring (bicyclic) bond motifs is 3. The summed E-state index contributed by atoms with van der Waals surface area (Å²) < 4.78 is 18.1. The topological polar surface area (TPSA) is 142 Å². The van der Waals surface area contributed by atoms with E-state index in [0.717, 1.165) is 5.56 Å². The van der Waals surface area contributed by atoms with E-state index in [0.29, 0.717) is 33.8 Å². The summed E-state index contributed by atoms with van der Waals surface area (Å²) in [4.78, 5) is 41.0. The maximum Gasteiger partial charge on any atom is 0.309 e. The number of aromatic nitrogens is 1. The Morgan fingerprint density at radius 3 is 2.35 bits per heavy atom. The van der Waals surface area contributed by atoms with Crippen molar-refractivity contribution in [2.24, 2.45) is 10.7 Å². The molecular formula is C24H23N3O7. The van der Waals surface area contributed by atoms with Crippen LogP contribution in [0, 0.1) is 0 Å². The third-order valence-electron chi connectivity index (χ3n) is 5.71. The number of carbonyl (C=O) groups is 3. The maximum atomic E-state index is 13.0. The van der Waals surface area contributed by atoms with E-state index in [9.17, 15) is 19.5 Å². The Morgan fingerprint density at radius 2 is 1.79 bits per heavy atom. The van der Waals surface area contributed by atoms with E-state index in [2.05, 4.69) is 4.99 Å². The van der Waals surface area contributed by atoms with Gasteiger partial charge in [-0.3, -0.25) is 19.4 Å². The van der Waals surface area contributed by atoms with Crippen LogP contribution in [-0.2, 0) is 11.3 Å². The number of nitrogens with zero attached hydrogens (tertiary/aromatic N) is 2. The van der Waals surface area contributed by atoms with Crippen LogP contribution in [0.3, 0.4) is 0 Å². The molecule has 0 aliphatic carbocycles. The van der Waals surface area contributed by atoms with E-state index in [1.54, 1.807) is 34.9 Å². The first kappa shape index (κ1) is 22.8. The third kappa shape index (κ3) is 3.72. The standard InChI is InChI=1S/C24H23N3O7/c1-32-17-7-12(8-18(33-2)23(17)34-3)11-27-15-6-4-5-13(24(25)31)20(15)21-16(28)10-26-14(22(21)27)9-19(29)30/h4-8H,9-11H2,1-3H3,(H2,25,31)(H,29,30). The fourth-order valence-corrected chi connectivity index (χ4v) is 4.36. The maximum absolute atomic E-state index is 13.0. The fourth-order valence-electron chi connectivity index (χ4n) is 4.36. The highest BCUT2D eigenvalue weighted by Gasteiger charge is 2.32. The van der Waals surface area contributed by atoms with Crippen molar-refractivity contribution in [1.82, 2.24) is 4.57 Å². The Labute approximate surface area is 194 Å². The smallest absolute Gasteiger partial charge is 0.309 e. The minimum absolute atomic E-state index is 0.183. The van der Waals surface area contributed by atoms with E-state index in [1.807, 2.05) is 0 Å². The van der Waals surface area contributed by atoms with E-state index < -0.39 is 11.9 Å². The normalized spacial score (nSPS) is 12.8. The van der Waals surface area contributed by atoms with E-state index in [1.165, 1.54) is 21.3 Å². The molecule has 34 heavy (non-hydrogen) atoms. The van der Waals surface area contributed by atoms with Crippen LogP contribution >= 0.6 is 0 Å². The molecule has 3 N–H and O–H groups in total. The number of aliphatic carboxylic acids is 1. The summed E-state index contributed by atoms with van der Waals surface area (Å²) in [6.45, 7) is 0.00266. The first-order chi connectivity index (χ1) is 16.3. The number of aliphatic imine (C=N–C) groups is 1. The summed E-state index contributed by atoms with van der Waals surface area (Å²) in [5.41, 5.74) is 7.94. The van der Waals surface area contributed by atoms with Crippen LogP contribution in [0.4, 0.5) is 0 Å². The molecule has 4 rings (SSSR count). The number of rotatable bonds is 8. The van der Waals surface area contributed by atoms with E-state index in [4.69, 9.17) is 19.9 Å². The van der Waals surface area contributed by atoms with Gasteiger partial charge >= 0.3 is 5.97 Å². The Hall–Kier alpha value is -4.34. The number of Topliss-reactive ketones (excluding diaryl/α,β-unsaturated/α-hetero) is 1. The molecule has 0 spiro atoms. The highest BCUT2D eigenvalue weighted by molar-refractivity contribution is 6.26. The second-order valence-electron chi connectivity index (χ2n) is 7.66.